The highest BCUT2D eigenvalue weighted by Gasteiger charge is 2.84. The number of hydrogen-bond acceptors (Lipinski definition) is 8. The topological polar surface area (TPSA) is 102 Å². The van der Waals surface area contributed by atoms with Gasteiger partial charge < -0.3 is 19.1 Å². The van der Waals surface area contributed by atoms with Crippen molar-refractivity contribution in [2.75, 3.05) is 14.2 Å². The minimum atomic E-state index is -2.00. The van der Waals surface area contributed by atoms with E-state index in [0.29, 0.717) is 30.5 Å². The normalized spacial score (nSPS) is 31.2. The number of benzene rings is 2. The van der Waals surface area contributed by atoms with Crippen LogP contribution in [-0.2, 0) is 39.9 Å². The van der Waals surface area contributed by atoms with Crippen LogP contribution in [0, 0.1) is 11.8 Å². The van der Waals surface area contributed by atoms with Crippen molar-refractivity contribution in [3.63, 3.8) is 0 Å². The van der Waals surface area contributed by atoms with Crippen LogP contribution >= 0.6 is 0 Å². The molecule has 1 amide bonds. The number of ether oxygens (including phenoxy) is 3. The summed E-state index contributed by atoms with van der Waals surface area (Å²) in [6.45, 7) is 2.01. The molecule has 9 heteroatoms. The van der Waals surface area contributed by atoms with E-state index in [1.54, 1.807) is 6.92 Å². The van der Waals surface area contributed by atoms with Gasteiger partial charge in [-0.3, -0.25) is 14.5 Å². The lowest BCUT2D eigenvalue weighted by Gasteiger charge is -2.57. The van der Waals surface area contributed by atoms with Crippen molar-refractivity contribution >= 4 is 23.6 Å². The number of fused-ring (bicyclic) bond motifs is 3. The third-order valence-corrected chi connectivity index (χ3v) is 8.71. The van der Waals surface area contributed by atoms with E-state index in [9.17, 15) is 19.2 Å². The summed E-state index contributed by atoms with van der Waals surface area (Å²) in [5, 5.41) is 0. The number of ketones is 1. The van der Waals surface area contributed by atoms with E-state index in [2.05, 4.69) is 0 Å². The number of piperidine rings is 1. The average molecular weight is 531 g/mol. The Morgan fingerprint density at radius 2 is 1.67 bits per heavy atom. The standard InChI is InChI=1S/C30H30N2O7/c1-18-23(26(34)37-2)25(20-13-8-5-9-14-20)32-27(35)29(28(36)38-3)21-15-10-16-22(33)24(21)30(32,39-29)31(18)17-19-11-6-4-7-12-19/h4-9,11-14,21,24-25H,10,15-17H2,1-3H3/t21-,24-,25+,29-,30-/m1/s1. The second-order valence-corrected chi connectivity index (χ2v) is 10.5. The van der Waals surface area contributed by atoms with E-state index in [-0.39, 0.29) is 17.9 Å². The van der Waals surface area contributed by atoms with Crippen molar-refractivity contribution < 1.29 is 33.4 Å². The van der Waals surface area contributed by atoms with Crippen LogP contribution in [0.1, 0.15) is 43.4 Å². The van der Waals surface area contributed by atoms with Gasteiger partial charge >= 0.3 is 11.9 Å². The van der Waals surface area contributed by atoms with E-state index in [0.717, 1.165) is 5.56 Å². The number of carbonyl (C=O) groups excluding carboxylic acids is 4. The average Bonchev–Trinajstić information content (AvgIpc) is 3.42. The lowest BCUT2D eigenvalue weighted by atomic mass is 9.65. The summed E-state index contributed by atoms with van der Waals surface area (Å²) < 4.78 is 17.1. The molecule has 2 saturated heterocycles. The van der Waals surface area contributed by atoms with Crippen molar-refractivity contribution in [1.29, 1.82) is 0 Å². The van der Waals surface area contributed by atoms with E-state index in [1.807, 2.05) is 65.6 Å². The maximum absolute atomic E-state index is 14.6. The molecule has 2 aromatic rings. The summed E-state index contributed by atoms with van der Waals surface area (Å²) in [4.78, 5) is 58.6. The first kappa shape index (κ1) is 25.3. The third kappa shape index (κ3) is 3.22. The smallest absolute Gasteiger partial charge is 0.348 e. The molecule has 3 aliphatic heterocycles. The molecule has 2 bridgehead atoms. The Kier molecular flexibility index (Phi) is 5.87. The molecule has 202 valence electrons. The third-order valence-electron chi connectivity index (χ3n) is 8.71. The van der Waals surface area contributed by atoms with Crippen LogP contribution < -0.4 is 0 Å². The summed E-state index contributed by atoms with van der Waals surface area (Å²) in [6, 6.07) is 17.7. The SMILES string of the molecule is COC(=O)C1=C(C)N(Cc2ccccc2)[C@@]23O[C@@](C(=O)OC)(C(=O)N2[C@H]1c1ccccc1)[C@@H]1CCCC(=O)[C@@H]13. The Balaban J connectivity index is 1.68. The molecule has 5 atom stereocenters. The van der Waals surface area contributed by atoms with Crippen LogP contribution in [0.25, 0.3) is 0 Å². The molecule has 6 rings (SSSR count). The van der Waals surface area contributed by atoms with Crippen LogP contribution in [0.15, 0.2) is 71.9 Å². The molecule has 3 heterocycles. The lowest BCUT2D eigenvalue weighted by Crippen LogP contribution is -2.71. The van der Waals surface area contributed by atoms with Crippen LogP contribution in [0.2, 0.25) is 0 Å². The second kappa shape index (κ2) is 9.05. The quantitative estimate of drug-likeness (QED) is 0.429. The Morgan fingerprint density at radius 3 is 2.31 bits per heavy atom. The largest absolute Gasteiger partial charge is 0.466 e. The van der Waals surface area contributed by atoms with Crippen molar-refractivity contribution in [3.8, 4) is 0 Å². The molecule has 4 aliphatic rings. The molecule has 0 aromatic heterocycles. The van der Waals surface area contributed by atoms with Crippen molar-refractivity contribution in [2.24, 2.45) is 11.8 Å². The molecule has 0 unspecified atom stereocenters. The summed E-state index contributed by atoms with van der Waals surface area (Å²) in [5.41, 5.74) is 0.286. The molecule has 1 spiro atoms. The summed E-state index contributed by atoms with van der Waals surface area (Å²) >= 11 is 0. The molecule has 3 fully saturated rings. The van der Waals surface area contributed by atoms with Gasteiger partial charge in [-0.1, -0.05) is 60.7 Å². The number of carbonyl (C=O) groups is 4. The highest BCUT2D eigenvalue weighted by atomic mass is 16.6. The molecule has 2 aromatic carbocycles. The van der Waals surface area contributed by atoms with Gasteiger partial charge in [0.2, 0.25) is 5.85 Å². The molecule has 9 nitrogen and oxygen atoms in total. The van der Waals surface area contributed by atoms with Gasteiger partial charge in [-0.15, -0.1) is 0 Å². The molecule has 39 heavy (non-hydrogen) atoms. The molecule has 1 aliphatic carbocycles. The number of hydrogen-bond donors (Lipinski definition) is 0. The first-order chi connectivity index (χ1) is 18.8. The zero-order valence-corrected chi connectivity index (χ0v) is 22.1. The number of methoxy groups -OCH3 is 2. The number of nitrogens with zero attached hydrogens (tertiary/aromatic N) is 2. The minimum Gasteiger partial charge on any atom is -0.466 e. The van der Waals surface area contributed by atoms with Gasteiger partial charge in [0.15, 0.2) is 0 Å². The van der Waals surface area contributed by atoms with Crippen LogP contribution in [0.5, 0.6) is 0 Å². The zero-order chi connectivity index (χ0) is 27.5. The van der Waals surface area contributed by atoms with E-state index < -0.39 is 47.2 Å². The van der Waals surface area contributed by atoms with Gasteiger partial charge in [-0.05, 0) is 30.9 Å². The Hall–Kier alpha value is -3.98. The van der Waals surface area contributed by atoms with Gasteiger partial charge in [0.25, 0.3) is 11.5 Å². The molecule has 0 radical (unpaired) electrons. The maximum atomic E-state index is 14.6. The predicted molar refractivity (Wildman–Crippen MR) is 137 cm³/mol. The van der Waals surface area contributed by atoms with Crippen molar-refractivity contribution in [1.82, 2.24) is 9.80 Å². The first-order valence-corrected chi connectivity index (χ1v) is 13.1. The highest BCUT2D eigenvalue weighted by Crippen LogP contribution is 2.66. The summed E-state index contributed by atoms with van der Waals surface area (Å²) in [7, 11) is 2.51. The fourth-order valence-corrected chi connectivity index (χ4v) is 7.17. The second-order valence-electron chi connectivity index (χ2n) is 10.5. The van der Waals surface area contributed by atoms with E-state index in [1.165, 1.54) is 19.1 Å². The Labute approximate surface area is 226 Å². The van der Waals surface area contributed by atoms with Crippen molar-refractivity contribution in [2.45, 2.75) is 50.2 Å². The number of esters is 2. The van der Waals surface area contributed by atoms with Gasteiger partial charge in [0.1, 0.15) is 5.78 Å². The fourth-order valence-electron chi connectivity index (χ4n) is 7.17. The Morgan fingerprint density at radius 1 is 1.00 bits per heavy atom. The summed E-state index contributed by atoms with van der Waals surface area (Å²) in [5.74, 6) is -5.24. The number of amides is 1. The Bertz CT molecular complexity index is 1390. The van der Waals surface area contributed by atoms with Gasteiger partial charge in [-0.25, -0.2) is 9.59 Å². The number of allylic oxidation sites excluding steroid dienone is 1. The number of rotatable bonds is 5. The van der Waals surface area contributed by atoms with Crippen LogP contribution in [-0.4, -0.2) is 59.1 Å². The number of Topliss-reactive ketones (excluding diaryl/α,β-unsaturated/α-hetero) is 1. The molecule has 1 saturated carbocycles. The first-order valence-electron chi connectivity index (χ1n) is 13.1. The van der Waals surface area contributed by atoms with Gasteiger partial charge in [-0.2, -0.15) is 0 Å². The summed E-state index contributed by atoms with van der Waals surface area (Å²) in [6.07, 6.45) is 1.33. The van der Waals surface area contributed by atoms with Gasteiger partial charge in [0, 0.05) is 24.6 Å². The molecular weight excluding hydrogens is 500 g/mol. The monoisotopic (exact) mass is 530 g/mol. The van der Waals surface area contributed by atoms with Crippen LogP contribution in [0.4, 0.5) is 0 Å². The highest BCUT2D eigenvalue weighted by molar-refractivity contribution is 6.12. The van der Waals surface area contributed by atoms with E-state index in [4.69, 9.17) is 14.2 Å². The predicted octanol–water partition coefficient (Wildman–Crippen LogP) is 3.11. The molecular formula is C30H30N2O7. The van der Waals surface area contributed by atoms with Crippen LogP contribution in [0.3, 0.4) is 0 Å². The fraction of sp³-hybridized carbons (Fsp3) is 0.400. The lowest BCUT2D eigenvalue weighted by molar-refractivity contribution is -0.227. The van der Waals surface area contributed by atoms with Gasteiger partial charge in [0.05, 0.1) is 31.8 Å². The minimum absolute atomic E-state index is 0.0753. The molecule has 0 N–H and O–H groups in total. The zero-order valence-electron chi connectivity index (χ0n) is 22.1. The van der Waals surface area contributed by atoms with Crippen molar-refractivity contribution in [3.05, 3.63) is 83.1 Å². The van der Waals surface area contributed by atoms with E-state index >= 15 is 0 Å². The maximum Gasteiger partial charge on any atom is 0.348 e.